The quantitative estimate of drug-likeness (QED) is 0.909. The Labute approximate surface area is 132 Å². The number of aryl methyl sites for hydroxylation is 1. The fourth-order valence-electron chi connectivity index (χ4n) is 2.04. The zero-order valence-electron chi connectivity index (χ0n) is 12.1. The summed E-state index contributed by atoms with van der Waals surface area (Å²) in [6.45, 7) is 3.80. The van der Waals surface area contributed by atoms with E-state index in [9.17, 15) is 9.18 Å². The van der Waals surface area contributed by atoms with E-state index in [2.05, 4.69) is 10.3 Å². The minimum Gasteiger partial charge on any atom is -0.348 e. The molecule has 0 aliphatic rings. The SMILES string of the molecule is CSCC(=O)N[C@@H](C)c1sc(-c2ccccc2F)nc1C. The lowest BCUT2D eigenvalue weighted by Crippen LogP contribution is -2.27. The molecule has 1 heterocycles. The number of halogens is 1. The number of nitrogens with one attached hydrogen (secondary N) is 1. The second-order valence-electron chi connectivity index (χ2n) is 4.67. The van der Waals surface area contributed by atoms with Crippen LogP contribution < -0.4 is 5.32 Å². The van der Waals surface area contributed by atoms with Crippen LogP contribution in [0.25, 0.3) is 10.6 Å². The van der Waals surface area contributed by atoms with Crippen molar-refractivity contribution in [3.63, 3.8) is 0 Å². The van der Waals surface area contributed by atoms with Gasteiger partial charge < -0.3 is 5.32 Å². The number of amides is 1. The van der Waals surface area contributed by atoms with Crippen LogP contribution >= 0.6 is 23.1 Å². The van der Waals surface area contributed by atoms with Gasteiger partial charge in [-0.1, -0.05) is 12.1 Å². The van der Waals surface area contributed by atoms with Crippen molar-refractivity contribution in [2.75, 3.05) is 12.0 Å². The number of hydrogen-bond donors (Lipinski definition) is 1. The minimum atomic E-state index is -0.281. The average molecular weight is 324 g/mol. The summed E-state index contributed by atoms with van der Waals surface area (Å²) >= 11 is 2.90. The molecule has 112 valence electrons. The molecule has 0 aliphatic heterocycles. The molecule has 0 unspecified atom stereocenters. The van der Waals surface area contributed by atoms with Crippen molar-refractivity contribution in [2.45, 2.75) is 19.9 Å². The fourth-order valence-corrected chi connectivity index (χ4v) is 3.48. The van der Waals surface area contributed by atoms with Crippen molar-refractivity contribution in [2.24, 2.45) is 0 Å². The number of aromatic nitrogens is 1. The molecule has 1 aromatic heterocycles. The number of thioether (sulfide) groups is 1. The molecule has 1 amide bonds. The van der Waals surface area contributed by atoms with Crippen LogP contribution in [0.15, 0.2) is 24.3 Å². The second kappa shape index (κ2) is 7.04. The van der Waals surface area contributed by atoms with Gasteiger partial charge in [0.05, 0.1) is 22.4 Å². The van der Waals surface area contributed by atoms with E-state index in [0.29, 0.717) is 16.3 Å². The van der Waals surface area contributed by atoms with Gasteiger partial charge in [-0.15, -0.1) is 11.3 Å². The van der Waals surface area contributed by atoms with Crippen molar-refractivity contribution in [3.05, 3.63) is 40.7 Å². The van der Waals surface area contributed by atoms with E-state index < -0.39 is 0 Å². The maximum atomic E-state index is 13.8. The third-order valence-corrected chi connectivity index (χ3v) is 4.91. The first-order valence-electron chi connectivity index (χ1n) is 6.53. The molecule has 0 fully saturated rings. The Balaban J connectivity index is 2.23. The van der Waals surface area contributed by atoms with Gasteiger partial charge in [0.15, 0.2) is 0 Å². The lowest BCUT2D eigenvalue weighted by molar-refractivity contribution is -0.119. The number of rotatable bonds is 5. The number of benzene rings is 1. The van der Waals surface area contributed by atoms with E-state index in [0.717, 1.165) is 10.6 Å². The van der Waals surface area contributed by atoms with E-state index in [1.54, 1.807) is 18.2 Å². The van der Waals surface area contributed by atoms with Crippen molar-refractivity contribution in [3.8, 4) is 10.6 Å². The summed E-state index contributed by atoms with van der Waals surface area (Å²) in [5.74, 6) is 0.148. The standard InChI is InChI=1S/C15H17FN2OS2/c1-9(17-13(19)8-20-3)14-10(2)18-15(21-14)11-6-4-5-7-12(11)16/h4-7,9H,8H2,1-3H3,(H,17,19)/t9-/m0/s1. The molecule has 0 radical (unpaired) electrons. The number of thiazole rings is 1. The molecule has 2 rings (SSSR count). The van der Waals surface area contributed by atoms with Gasteiger partial charge in [0.25, 0.3) is 0 Å². The Morgan fingerprint density at radius 1 is 1.48 bits per heavy atom. The molecule has 0 spiro atoms. The van der Waals surface area contributed by atoms with E-state index in [1.165, 1.54) is 29.2 Å². The highest BCUT2D eigenvalue weighted by molar-refractivity contribution is 7.99. The first-order chi connectivity index (χ1) is 10.0. The van der Waals surface area contributed by atoms with Crippen LogP contribution in [0.1, 0.15) is 23.5 Å². The zero-order chi connectivity index (χ0) is 15.4. The van der Waals surface area contributed by atoms with Crippen LogP contribution in [-0.2, 0) is 4.79 Å². The van der Waals surface area contributed by atoms with Crippen molar-refractivity contribution < 1.29 is 9.18 Å². The highest BCUT2D eigenvalue weighted by atomic mass is 32.2. The number of nitrogens with zero attached hydrogens (tertiary/aromatic N) is 1. The molecule has 0 bridgehead atoms. The van der Waals surface area contributed by atoms with Gasteiger partial charge in [-0.3, -0.25) is 4.79 Å². The summed E-state index contributed by atoms with van der Waals surface area (Å²) in [7, 11) is 0. The van der Waals surface area contributed by atoms with Gasteiger partial charge in [0, 0.05) is 5.56 Å². The molecule has 0 saturated heterocycles. The Hall–Kier alpha value is -1.40. The maximum Gasteiger partial charge on any atom is 0.230 e. The largest absolute Gasteiger partial charge is 0.348 e. The molecule has 0 saturated carbocycles. The lowest BCUT2D eigenvalue weighted by atomic mass is 10.2. The normalized spacial score (nSPS) is 12.2. The second-order valence-corrected chi connectivity index (χ2v) is 6.57. The van der Waals surface area contributed by atoms with Crippen molar-refractivity contribution in [1.82, 2.24) is 10.3 Å². The molecule has 3 nitrogen and oxygen atoms in total. The summed E-state index contributed by atoms with van der Waals surface area (Å²) < 4.78 is 13.8. The van der Waals surface area contributed by atoms with Gasteiger partial charge >= 0.3 is 0 Å². The Bertz CT molecular complexity index is 642. The summed E-state index contributed by atoms with van der Waals surface area (Å²) in [6.07, 6.45) is 1.89. The summed E-state index contributed by atoms with van der Waals surface area (Å²) in [6, 6.07) is 6.47. The van der Waals surface area contributed by atoms with Crippen LogP contribution in [0, 0.1) is 12.7 Å². The minimum absolute atomic E-state index is 0.00441. The molecule has 6 heteroatoms. The molecular weight excluding hydrogens is 307 g/mol. The van der Waals surface area contributed by atoms with E-state index >= 15 is 0 Å². The third kappa shape index (κ3) is 3.83. The zero-order valence-corrected chi connectivity index (χ0v) is 13.8. The molecular formula is C15H17FN2OS2. The first kappa shape index (κ1) is 16.0. The van der Waals surface area contributed by atoms with Gasteiger partial charge in [0.1, 0.15) is 10.8 Å². The predicted molar refractivity (Wildman–Crippen MR) is 87.2 cm³/mol. The van der Waals surface area contributed by atoms with Gasteiger partial charge in [-0.2, -0.15) is 11.8 Å². The van der Waals surface area contributed by atoms with Crippen LogP contribution in [0.2, 0.25) is 0 Å². The fraction of sp³-hybridized carbons (Fsp3) is 0.333. The van der Waals surface area contributed by atoms with Crippen LogP contribution in [-0.4, -0.2) is 22.9 Å². The van der Waals surface area contributed by atoms with Crippen LogP contribution in [0.4, 0.5) is 4.39 Å². The van der Waals surface area contributed by atoms with E-state index in [1.807, 2.05) is 20.1 Å². The summed E-state index contributed by atoms with van der Waals surface area (Å²) in [5, 5.41) is 3.58. The van der Waals surface area contributed by atoms with Gasteiger partial charge in [0.2, 0.25) is 5.91 Å². The average Bonchev–Trinajstić information content (AvgIpc) is 2.81. The topological polar surface area (TPSA) is 42.0 Å². The Morgan fingerprint density at radius 2 is 2.19 bits per heavy atom. The van der Waals surface area contributed by atoms with Crippen LogP contribution in [0.3, 0.4) is 0 Å². The monoisotopic (exact) mass is 324 g/mol. The van der Waals surface area contributed by atoms with Gasteiger partial charge in [-0.05, 0) is 32.2 Å². The Morgan fingerprint density at radius 3 is 2.86 bits per heavy atom. The predicted octanol–water partition coefficient (Wildman–Crippen LogP) is 3.80. The van der Waals surface area contributed by atoms with E-state index in [-0.39, 0.29) is 17.8 Å². The van der Waals surface area contributed by atoms with Crippen LogP contribution in [0.5, 0.6) is 0 Å². The van der Waals surface area contributed by atoms with Crippen molar-refractivity contribution >= 4 is 29.0 Å². The molecule has 21 heavy (non-hydrogen) atoms. The smallest absolute Gasteiger partial charge is 0.230 e. The first-order valence-corrected chi connectivity index (χ1v) is 8.74. The summed E-state index contributed by atoms with van der Waals surface area (Å²) in [5.41, 5.74) is 1.33. The highest BCUT2D eigenvalue weighted by Crippen LogP contribution is 2.32. The lowest BCUT2D eigenvalue weighted by Gasteiger charge is -2.12. The maximum absolute atomic E-state index is 13.8. The van der Waals surface area contributed by atoms with E-state index in [4.69, 9.17) is 0 Å². The number of hydrogen-bond acceptors (Lipinski definition) is 4. The third-order valence-electron chi connectivity index (χ3n) is 2.98. The highest BCUT2D eigenvalue weighted by Gasteiger charge is 2.18. The molecule has 2 aromatic rings. The van der Waals surface area contributed by atoms with Gasteiger partial charge in [-0.25, -0.2) is 9.37 Å². The molecule has 1 atom stereocenters. The number of carbonyl (C=O) groups is 1. The molecule has 1 N–H and O–H groups in total. The molecule has 1 aromatic carbocycles. The molecule has 0 aliphatic carbocycles. The summed E-state index contributed by atoms with van der Waals surface area (Å²) in [4.78, 5) is 17.1. The number of carbonyl (C=O) groups excluding carboxylic acids is 1. The van der Waals surface area contributed by atoms with Crippen molar-refractivity contribution in [1.29, 1.82) is 0 Å². The Kier molecular flexibility index (Phi) is 5.36.